The molecule has 0 saturated heterocycles. The Kier molecular flexibility index (Phi) is 9.59. The van der Waals surface area contributed by atoms with E-state index in [9.17, 15) is 4.79 Å². The third kappa shape index (κ3) is 9.73. The van der Waals surface area contributed by atoms with E-state index in [4.69, 9.17) is 5.11 Å². The second-order valence-electron chi connectivity index (χ2n) is 4.26. The lowest BCUT2D eigenvalue weighted by atomic mass is 10.1. The van der Waals surface area contributed by atoms with E-state index in [0.29, 0.717) is 13.0 Å². The van der Waals surface area contributed by atoms with E-state index in [1.165, 1.54) is 19.3 Å². The minimum Gasteiger partial charge on any atom is -0.396 e. The molecule has 1 atom stereocenters. The summed E-state index contributed by atoms with van der Waals surface area (Å²) in [5.74, 6) is 0.279. The number of aliphatic hydroxyl groups is 1. The summed E-state index contributed by atoms with van der Waals surface area (Å²) >= 11 is 0. The largest absolute Gasteiger partial charge is 0.396 e. The van der Waals surface area contributed by atoms with Gasteiger partial charge < -0.3 is 10.4 Å². The molecule has 0 heterocycles. The molecule has 90 valence electrons. The molecule has 0 aromatic heterocycles. The zero-order valence-electron chi connectivity index (χ0n) is 10.1. The van der Waals surface area contributed by atoms with Crippen LogP contribution in [0, 0.1) is 5.92 Å². The highest BCUT2D eigenvalue weighted by Gasteiger charge is 2.03. The van der Waals surface area contributed by atoms with Crippen LogP contribution in [0.15, 0.2) is 0 Å². The lowest BCUT2D eigenvalue weighted by Gasteiger charge is -2.09. The minimum absolute atomic E-state index is 0.117. The standard InChI is InChI=1S/C12H25NO2/c1-3-4-5-6-7-8-12(15)13-9-11(2)10-14/h11,14H,3-10H2,1-2H3,(H,13,15). The van der Waals surface area contributed by atoms with Crippen molar-refractivity contribution in [3.63, 3.8) is 0 Å². The van der Waals surface area contributed by atoms with Crippen LogP contribution < -0.4 is 5.32 Å². The fourth-order valence-electron chi connectivity index (χ4n) is 1.33. The Hall–Kier alpha value is -0.570. The van der Waals surface area contributed by atoms with E-state index in [1.807, 2.05) is 6.92 Å². The van der Waals surface area contributed by atoms with Crippen LogP contribution in [0.2, 0.25) is 0 Å². The van der Waals surface area contributed by atoms with Crippen LogP contribution >= 0.6 is 0 Å². The normalized spacial score (nSPS) is 12.5. The van der Waals surface area contributed by atoms with Gasteiger partial charge in [-0.3, -0.25) is 4.79 Å². The van der Waals surface area contributed by atoms with Gasteiger partial charge in [0, 0.05) is 19.6 Å². The molecule has 0 radical (unpaired) electrons. The number of carbonyl (C=O) groups is 1. The molecular weight excluding hydrogens is 190 g/mol. The third-order valence-corrected chi connectivity index (χ3v) is 2.47. The molecule has 0 saturated carbocycles. The van der Waals surface area contributed by atoms with Crippen LogP contribution in [0.4, 0.5) is 0 Å². The van der Waals surface area contributed by atoms with Gasteiger partial charge in [-0.25, -0.2) is 0 Å². The molecule has 0 aliphatic heterocycles. The maximum Gasteiger partial charge on any atom is 0.220 e. The predicted molar refractivity (Wildman–Crippen MR) is 62.6 cm³/mol. The number of hydrogen-bond donors (Lipinski definition) is 2. The zero-order valence-corrected chi connectivity index (χ0v) is 10.1. The molecule has 0 aliphatic carbocycles. The van der Waals surface area contributed by atoms with Crippen molar-refractivity contribution >= 4 is 5.91 Å². The first-order valence-electron chi connectivity index (χ1n) is 6.08. The summed E-state index contributed by atoms with van der Waals surface area (Å²) in [5, 5.41) is 11.6. The summed E-state index contributed by atoms with van der Waals surface area (Å²) in [6, 6.07) is 0. The summed E-state index contributed by atoms with van der Waals surface area (Å²) in [4.78, 5) is 11.3. The summed E-state index contributed by atoms with van der Waals surface area (Å²) in [7, 11) is 0. The number of nitrogens with one attached hydrogen (secondary N) is 1. The topological polar surface area (TPSA) is 49.3 Å². The number of aliphatic hydroxyl groups excluding tert-OH is 1. The van der Waals surface area contributed by atoms with Crippen molar-refractivity contribution in [3.05, 3.63) is 0 Å². The van der Waals surface area contributed by atoms with E-state index < -0.39 is 0 Å². The first-order valence-corrected chi connectivity index (χ1v) is 6.08. The minimum atomic E-state index is 0.117. The van der Waals surface area contributed by atoms with Crippen molar-refractivity contribution in [3.8, 4) is 0 Å². The van der Waals surface area contributed by atoms with Crippen LogP contribution in [0.25, 0.3) is 0 Å². The van der Waals surface area contributed by atoms with E-state index in [-0.39, 0.29) is 18.4 Å². The Bertz CT molecular complexity index is 160. The van der Waals surface area contributed by atoms with Gasteiger partial charge >= 0.3 is 0 Å². The molecule has 1 unspecified atom stereocenters. The van der Waals surface area contributed by atoms with Crippen molar-refractivity contribution in [2.24, 2.45) is 5.92 Å². The highest BCUT2D eigenvalue weighted by atomic mass is 16.3. The van der Waals surface area contributed by atoms with Gasteiger partial charge in [0.05, 0.1) is 0 Å². The molecule has 1 amide bonds. The van der Waals surface area contributed by atoms with Crippen LogP contribution in [0.3, 0.4) is 0 Å². The molecule has 3 nitrogen and oxygen atoms in total. The van der Waals surface area contributed by atoms with Crippen molar-refractivity contribution in [1.82, 2.24) is 5.32 Å². The number of carbonyl (C=O) groups excluding carboxylic acids is 1. The maximum atomic E-state index is 11.3. The number of unbranched alkanes of at least 4 members (excludes halogenated alkanes) is 4. The summed E-state index contributed by atoms with van der Waals surface area (Å²) in [5.41, 5.74) is 0. The maximum absolute atomic E-state index is 11.3. The lowest BCUT2D eigenvalue weighted by Crippen LogP contribution is -2.29. The van der Waals surface area contributed by atoms with E-state index in [2.05, 4.69) is 12.2 Å². The summed E-state index contributed by atoms with van der Waals surface area (Å²) in [6.07, 6.45) is 6.50. The average Bonchev–Trinajstić information content (AvgIpc) is 2.25. The van der Waals surface area contributed by atoms with Gasteiger partial charge in [0.15, 0.2) is 0 Å². The molecule has 0 aromatic rings. The fraction of sp³-hybridized carbons (Fsp3) is 0.917. The first kappa shape index (κ1) is 14.4. The summed E-state index contributed by atoms with van der Waals surface area (Å²) in [6.45, 7) is 4.82. The molecule has 0 aromatic carbocycles. The van der Waals surface area contributed by atoms with Gasteiger partial charge in [-0.1, -0.05) is 39.5 Å². The number of amides is 1. The van der Waals surface area contributed by atoms with Gasteiger partial charge in [0.1, 0.15) is 0 Å². The number of rotatable bonds is 9. The Balaban J connectivity index is 3.26. The monoisotopic (exact) mass is 215 g/mol. The van der Waals surface area contributed by atoms with Crippen molar-refractivity contribution in [2.45, 2.75) is 52.4 Å². The third-order valence-electron chi connectivity index (χ3n) is 2.47. The van der Waals surface area contributed by atoms with E-state index in [1.54, 1.807) is 0 Å². The molecule has 0 bridgehead atoms. The Morgan fingerprint density at radius 1 is 1.27 bits per heavy atom. The molecule has 15 heavy (non-hydrogen) atoms. The SMILES string of the molecule is CCCCCCCC(=O)NCC(C)CO. The molecule has 3 heteroatoms. The van der Waals surface area contributed by atoms with Crippen LogP contribution in [-0.2, 0) is 4.79 Å². The van der Waals surface area contributed by atoms with E-state index >= 15 is 0 Å². The highest BCUT2D eigenvalue weighted by Crippen LogP contribution is 2.04. The smallest absolute Gasteiger partial charge is 0.220 e. The Morgan fingerprint density at radius 3 is 2.53 bits per heavy atom. The lowest BCUT2D eigenvalue weighted by molar-refractivity contribution is -0.121. The molecule has 0 fully saturated rings. The second-order valence-corrected chi connectivity index (χ2v) is 4.26. The van der Waals surface area contributed by atoms with Crippen LogP contribution in [0.1, 0.15) is 52.4 Å². The van der Waals surface area contributed by atoms with Crippen molar-refractivity contribution < 1.29 is 9.90 Å². The highest BCUT2D eigenvalue weighted by molar-refractivity contribution is 5.75. The molecule has 0 spiro atoms. The van der Waals surface area contributed by atoms with Crippen LogP contribution in [-0.4, -0.2) is 24.2 Å². The molecule has 0 aliphatic rings. The molecule has 2 N–H and O–H groups in total. The summed E-state index contributed by atoms with van der Waals surface area (Å²) < 4.78 is 0. The van der Waals surface area contributed by atoms with Gasteiger partial charge in [0.25, 0.3) is 0 Å². The Morgan fingerprint density at radius 2 is 1.93 bits per heavy atom. The van der Waals surface area contributed by atoms with Crippen LogP contribution in [0.5, 0.6) is 0 Å². The Labute approximate surface area is 93.3 Å². The first-order chi connectivity index (χ1) is 7.20. The molecular formula is C12H25NO2. The van der Waals surface area contributed by atoms with Gasteiger partial charge in [-0.2, -0.15) is 0 Å². The van der Waals surface area contributed by atoms with E-state index in [0.717, 1.165) is 12.8 Å². The second kappa shape index (κ2) is 9.97. The average molecular weight is 215 g/mol. The van der Waals surface area contributed by atoms with Gasteiger partial charge in [0.2, 0.25) is 5.91 Å². The van der Waals surface area contributed by atoms with Gasteiger partial charge in [-0.15, -0.1) is 0 Å². The van der Waals surface area contributed by atoms with Crippen molar-refractivity contribution in [2.75, 3.05) is 13.2 Å². The number of hydrogen-bond acceptors (Lipinski definition) is 2. The fourth-order valence-corrected chi connectivity index (χ4v) is 1.33. The van der Waals surface area contributed by atoms with Crippen molar-refractivity contribution in [1.29, 1.82) is 0 Å². The quantitative estimate of drug-likeness (QED) is 0.579. The zero-order chi connectivity index (χ0) is 11.5. The molecule has 0 rings (SSSR count). The van der Waals surface area contributed by atoms with Gasteiger partial charge in [-0.05, 0) is 12.3 Å². The predicted octanol–water partition coefficient (Wildman–Crippen LogP) is 2.09.